The van der Waals surface area contributed by atoms with E-state index in [1.165, 1.54) is 26.0 Å². The van der Waals surface area contributed by atoms with E-state index in [1.807, 2.05) is 12.1 Å². The van der Waals surface area contributed by atoms with Crippen molar-refractivity contribution in [3.63, 3.8) is 0 Å². The van der Waals surface area contributed by atoms with Crippen molar-refractivity contribution in [1.29, 1.82) is 0 Å². The number of benzene rings is 1. The topological polar surface area (TPSA) is 40.5 Å². The number of hydrogen-bond acceptors (Lipinski definition) is 2. The number of likely N-dealkylation sites (tertiary alicyclic amines) is 1. The van der Waals surface area contributed by atoms with E-state index in [2.05, 4.69) is 0 Å². The summed E-state index contributed by atoms with van der Waals surface area (Å²) in [5, 5.41) is 9.81. The molecule has 1 aliphatic rings. The number of amides is 1. The third-order valence-corrected chi connectivity index (χ3v) is 3.88. The van der Waals surface area contributed by atoms with E-state index < -0.39 is 5.60 Å². The van der Waals surface area contributed by atoms with Crippen LogP contribution >= 0.6 is 0 Å². The third kappa shape index (κ3) is 3.57. The molecule has 3 nitrogen and oxygen atoms in total. The first-order valence-corrected chi connectivity index (χ1v) is 7.15. The van der Waals surface area contributed by atoms with Gasteiger partial charge in [0, 0.05) is 13.1 Å². The molecule has 4 heteroatoms. The maximum atomic E-state index is 13.0. The van der Waals surface area contributed by atoms with Crippen LogP contribution in [0, 0.1) is 5.82 Å². The Kier molecular flexibility index (Phi) is 4.43. The highest BCUT2D eigenvalue weighted by molar-refractivity contribution is 5.84. The van der Waals surface area contributed by atoms with E-state index in [1.54, 1.807) is 4.90 Å². The fraction of sp³-hybridized carbons (Fsp3) is 0.562. The number of carbonyl (C=O) groups is 1. The molecule has 1 amide bonds. The summed E-state index contributed by atoms with van der Waals surface area (Å²) >= 11 is 0. The predicted molar refractivity (Wildman–Crippen MR) is 75.9 cm³/mol. The van der Waals surface area contributed by atoms with Gasteiger partial charge in [0.2, 0.25) is 0 Å². The van der Waals surface area contributed by atoms with Crippen molar-refractivity contribution in [2.45, 2.75) is 44.6 Å². The van der Waals surface area contributed by atoms with Gasteiger partial charge >= 0.3 is 0 Å². The molecule has 1 fully saturated rings. The van der Waals surface area contributed by atoms with Gasteiger partial charge in [-0.2, -0.15) is 0 Å². The Hall–Kier alpha value is -1.42. The summed E-state index contributed by atoms with van der Waals surface area (Å²) in [6.45, 7) is 4.38. The molecule has 0 aromatic heterocycles. The van der Waals surface area contributed by atoms with E-state index >= 15 is 0 Å². The Morgan fingerprint density at radius 3 is 2.50 bits per heavy atom. The molecule has 1 aromatic rings. The van der Waals surface area contributed by atoms with Crippen LogP contribution in [0.2, 0.25) is 0 Å². The van der Waals surface area contributed by atoms with Crippen LogP contribution in [0.3, 0.4) is 0 Å². The summed E-state index contributed by atoms with van der Waals surface area (Å²) in [6.07, 6.45) is 2.75. The zero-order chi connectivity index (χ0) is 14.8. The number of rotatable bonds is 2. The molecule has 0 saturated carbocycles. The molecule has 1 saturated heterocycles. The van der Waals surface area contributed by atoms with Gasteiger partial charge in [0.25, 0.3) is 5.91 Å². The maximum Gasteiger partial charge on any atom is 0.253 e. The first-order chi connectivity index (χ1) is 9.38. The summed E-state index contributed by atoms with van der Waals surface area (Å²) in [5.41, 5.74) is -0.181. The van der Waals surface area contributed by atoms with E-state index in [0.717, 1.165) is 24.8 Å². The molecule has 0 spiro atoms. The van der Waals surface area contributed by atoms with Gasteiger partial charge < -0.3 is 10.0 Å². The monoisotopic (exact) mass is 279 g/mol. The lowest BCUT2D eigenvalue weighted by molar-refractivity contribution is -0.147. The summed E-state index contributed by atoms with van der Waals surface area (Å²) < 4.78 is 13.0. The van der Waals surface area contributed by atoms with Crippen molar-refractivity contribution in [2.24, 2.45) is 0 Å². The second-order valence-electron chi connectivity index (χ2n) is 6.03. The maximum absolute atomic E-state index is 13.0. The highest BCUT2D eigenvalue weighted by Crippen LogP contribution is 2.28. The van der Waals surface area contributed by atoms with Gasteiger partial charge in [-0.05, 0) is 56.7 Å². The Bertz CT molecular complexity index is 464. The zero-order valence-electron chi connectivity index (χ0n) is 12.1. The van der Waals surface area contributed by atoms with Crippen LogP contribution in [0.4, 0.5) is 4.39 Å². The average Bonchev–Trinajstić information content (AvgIpc) is 2.63. The number of hydrogen-bond donors (Lipinski definition) is 1. The average molecular weight is 279 g/mol. The molecule has 1 aliphatic heterocycles. The molecule has 0 unspecified atom stereocenters. The summed E-state index contributed by atoms with van der Waals surface area (Å²) in [5.74, 6) is -0.0753. The molecule has 1 heterocycles. The molecule has 1 aromatic carbocycles. The molecular formula is C16H22FNO2. The van der Waals surface area contributed by atoms with Crippen LogP contribution in [0.25, 0.3) is 0 Å². The van der Waals surface area contributed by atoms with Gasteiger partial charge in [-0.25, -0.2) is 4.39 Å². The molecule has 1 atom stereocenters. The standard InChI is InChI=1S/C16H22FNO2/c1-16(2,20)15(19)18-10-3-4-12(9-11-18)13-5-7-14(17)8-6-13/h5-8,12,20H,3-4,9-11H2,1-2H3/t12-/m1/s1. The van der Waals surface area contributed by atoms with Crippen LogP contribution in [0.1, 0.15) is 44.6 Å². The van der Waals surface area contributed by atoms with Crippen LogP contribution < -0.4 is 0 Å². The number of nitrogens with zero attached hydrogens (tertiary/aromatic N) is 1. The highest BCUT2D eigenvalue weighted by Gasteiger charge is 2.30. The van der Waals surface area contributed by atoms with Gasteiger partial charge in [-0.1, -0.05) is 12.1 Å². The van der Waals surface area contributed by atoms with Crippen LogP contribution in [0.15, 0.2) is 24.3 Å². The van der Waals surface area contributed by atoms with Crippen molar-refractivity contribution in [3.8, 4) is 0 Å². The Morgan fingerprint density at radius 2 is 1.90 bits per heavy atom. The Morgan fingerprint density at radius 1 is 1.25 bits per heavy atom. The minimum Gasteiger partial charge on any atom is -0.381 e. The molecular weight excluding hydrogens is 257 g/mol. The normalized spacial score (nSPS) is 20.6. The molecule has 2 rings (SSSR count). The van der Waals surface area contributed by atoms with Gasteiger partial charge in [-0.15, -0.1) is 0 Å². The van der Waals surface area contributed by atoms with E-state index in [0.29, 0.717) is 19.0 Å². The van der Waals surface area contributed by atoms with Crippen LogP contribution in [0.5, 0.6) is 0 Å². The fourth-order valence-corrected chi connectivity index (χ4v) is 2.75. The number of halogens is 1. The van der Waals surface area contributed by atoms with Crippen molar-refractivity contribution in [3.05, 3.63) is 35.6 Å². The van der Waals surface area contributed by atoms with Crippen molar-refractivity contribution in [2.75, 3.05) is 13.1 Å². The van der Waals surface area contributed by atoms with Crippen molar-refractivity contribution < 1.29 is 14.3 Å². The van der Waals surface area contributed by atoms with E-state index in [4.69, 9.17) is 0 Å². The third-order valence-electron chi connectivity index (χ3n) is 3.88. The molecule has 0 radical (unpaired) electrons. The first-order valence-electron chi connectivity index (χ1n) is 7.15. The molecule has 0 bridgehead atoms. The lowest BCUT2D eigenvalue weighted by atomic mass is 9.92. The second-order valence-corrected chi connectivity index (χ2v) is 6.03. The summed E-state index contributed by atoms with van der Waals surface area (Å²) in [6, 6.07) is 6.63. The fourth-order valence-electron chi connectivity index (χ4n) is 2.75. The van der Waals surface area contributed by atoms with Gasteiger partial charge in [0.15, 0.2) is 0 Å². The van der Waals surface area contributed by atoms with Crippen LogP contribution in [-0.4, -0.2) is 34.6 Å². The second kappa shape index (κ2) is 5.92. The number of aliphatic hydroxyl groups is 1. The lowest BCUT2D eigenvalue weighted by Crippen LogP contribution is -2.45. The Balaban J connectivity index is 2.02. The summed E-state index contributed by atoms with van der Waals surface area (Å²) in [4.78, 5) is 13.8. The van der Waals surface area contributed by atoms with E-state index in [9.17, 15) is 14.3 Å². The first kappa shape index (κ1) is 15.0. The molecule has 1 N–H and O–H groups in total. The van der Waals surface area contributed by atoms with Gasteiger partial charge in [-0.3, -0.25) is 4.79 Å². The molecule has 0 aliphatic carbocycles. The molecule has 110 valence electrons. The van der Waals surface area contributed by atoms with Crippen molar-refractivity contribution in [1.82, 2.24) is 4.90 Å². The Labute approximate surface area is 119 Å². The van der Waals surface area contributed by atoms with Gasteiger partial charge in [0.05, 0.1) is 0 Å². The quantitative estimate of drug-likeness (QED) is 0.904. The SMILES string of the molecule is CC(C)(O)C(=O)N1CCC[C@@H](c2ccc(F)cc2)CC1. The predicted octanol–water partition coefficient (Wildman–Crippen LogP) is 2.69. The largest absolute Gasteiger partial charge is 0.381 e. The minimum absolute atomic E-state index is 0.211. The van der Waals surface area contributed by atoms with Crippen molar-refractivity contribution >= 4 is 5.91 Å². The highest BCUT2D eigenvalue weighted by atomic mass is 19.1. The smallest absolute Gasteiger partial charge is 0.253 e. The summed E-state index contributed by atoms with van der Waals surface area (Å²) in [7, 11) is 0. The van der Waals surface area contributed by atoms with Gasteiger partial charge in [0.1, 0.15) is 11.4 Å². The molecule has 20 heavy (non-hydrogen) atoms. The number of carbonyl (C=O) groups excluding carboxylic acids is 1. The zero-order valence-corrected chi connectivity index (χ0v) is 12.1. The van der Waals surface area contributed by atoms with E-state index in [-0.39, 0.29) is 11.7 Å². The lowest BCUT2D eigenvalue weighted by Gasteiger charge is -2.27. The van der Waals surface area contributed by atoms with Crippen LogP contribution in [-0.2, 0) is 4.79 Å². The minimum atomic E-state index is -1.31.